The van der Waals surface area contributed by atoms with Crippen LogP contribution in [-0.2, 0) is 6.54 Å². The number of ketones is 1. The van der Waals surface area contributed by atoms with E-state index < -0.39 is 12.1 Å². The van der Waals surface area contributed by atoms with Crippen LogP contribution in [-0.4, -0.2) is 31.9 Å². The molecule has 3 rings (SSSR count). The summed E-state index contributed by atoms with van der Waals surface area (Å²) in [6.45, 7) is 9.32. The Labute approximate surface area is 172 Å². The molecule has 0 amide bonds. The first-order chi connectivity index (χ1) is 13.9. The van der Waals surface area contributed by atoms with Crippen LogP contribution in [0, 0.1) is 12.3 Å². The van der Waals surface area contributed by atoms with Gasteiger partial charge in [-0.2, -0.15) is 5.10 Å². The van der Waals surface area contributed by atoms with E-state index in [-0.39, 0.29) is 22.4 Å². The highest BCUT2D eigenvalue weighted by Crippen LogP contribution is 2.38. The number of halogens is 3. The van der Waals surface area contributed by atoms with Crippen LogP contribution < -0.4 is 4.74 Å². The fraction of sp³-hybridized carbons (Fsp3) is 0.429. The van der Waals surface area contributed by atoms with Gasteiger partial charge in [-0.15, -0.1) is 13.2 Å². The Balaban J connectivity index is 2.32. The molecule has 9 heteroatoms. The molecule has 0 spiro atoms. The third-order valence-corrected chi connectivity index (χ3v) is 5.02. The summed E-state index contributed by atoms with van der Waals surface area (Å²) in [6.07, 6.45) is -1.10. The number of carbonyl (C=O) groups is 1. The van der Waals surface area contributed by atoms with Crippen molar-refractivity contribution < 1.29 is 22.7 Å². The molecule has 6 nitrogen and oxygen atoms in total. The number of hydrogen-bond donors (Lipinski definition) is 0. The van der Waals surface area contributed by atoms with Gasteiger partial charge in [0.25, 0.3) is 0 Å². The molecule has 0 atom stereocenters. The summed E-state index contributed by atoms with van der Waals surface area (Å²) in [6, 6.07) is 2.91. The van der Waals surface area contributed by atoms with Gasteiger partial charge in [-0.05, 0) is 36.5 Å². The Kier molecular flexibility index (Phi) is 5.58. The van der Waals surface area contributed by atoms with E-state index in [0.29, 0.717) is 28.9 Å². The molecule has 0 aliphatic rings. The van der Waals surface area contributed by atoms with Gasteiger partial charge in [-0.3, -0.25) is 9.48 Å². The van der Waals surface area contributed by atoms with E-state index in [9.17, 15) is 18.0 Å². The Morgan fingerprint density at radius 3 is 2.30 bits per heavy atom. The fourth-order valence-corrected chi connectivity index (χ4v) is 3.08. The molecule has 0 saturated carbocycles. The largest absolute Gasteiger partial charge is 0.573 e. The highest BCUT2D eigenvalue weighted by molar-refractivity contribution is 6.07. The molecule has 0 N–H and O–H groups in total. The highest BCUT2D eigenvalue weighted by Gasteiger charge is 2.34. The molecule has 0 radical (unpaired) electrons. The van der Waals surface area contributed by atoms with Gasteiger partial charge < -0.3 is 4.74 Å². The van der Waals surface area contributed by atoms with Gasteiger partial charge in [-0.25, -0.2) is 9.97 Å². The number of aromatic nitrogens is 4. The topological polar surface area (TPSA) is 69.9 Å². The predicted octanol–water partition coefficient (Wildman–Crippen LogP) is 5.34. The van der Waals surface area contributed by atoms with Crippen molar-refractivity contribution in [1.29, 1.82) is 0 Å². The SMILES string of the molecule is CCC(C)(C)Cn1nc(C(C)=O)c2cc(-c3cnc(C)nc3)cc(OC(F)(F)F)c21. The molecule has 0 saturated heterocycles. The van der Waals surface area contributed by atoms with Gasteiger partial charge in [0, 0.05) is 36.8 Å². The third kappa shape index (κ3) is 4.60. The monoisotopic (exact) mass is 420 g/mol. The summed E-state index contributed by atoms with van der Waals surface area (Å²) in [5.41, 5.74) is 0.894. The van der Waals surface area contributed by atoms with Crippen molar-refractivity contribution in [3.05, 3.63) is 36.0 Å². The minimum Gasteiger partial charge on any atom is -0.403 e. The van der Waals surface area contributed by atoms with Crippen LogP contribution in [0.5, 0.6) is 5.75 Å². The van der Waals surface area contributed by atoms with Gasteiger partial charge >= 0.3 is 6.36 Å². The molecule has 2 heterocycles. The molecule has 160 valence electrons. The number of rotatable bonds is 6. The van der Waals surface area contributed by atoms with Crippen LogP contribution >= 0.6 is 0 Å². The van der Waals surface area contributed by atoms with Crippen LogP contribution in [0.1, 0.15) is 50.4 Å². The van der Waals surface area contributed by atoms with E-state index in [1.54, 1.807) is 13.0 Å². The van der Waals surface area contributed by atoms with Gasteiger partial charge in [0.05, 0.1) is 0 Å². The van der Waals surface area contributed by atoms with Gasteiger partial charge in [-0.1, -0.05) is 20.8 Å². The van der Waals surface area contributed by atoms with E-state index >= 15 is 0 Å². The second-order valence-electron chi connectivity index (χ2n) is 8.02. The molecule has 2 aromatic heterocycles. The molecule has 0 unspecified atom stereocenters. The van der Waals surface area contributed by atoms with Crippen molar-refractivity contribution in [1.82, 2.24) is 19.7 Å². The average Bonchev–Trinajstić information content (AvgIpc) is 2.99. The first-order valence-electron chi connectivity index (χ1n) is 9.50. The Bertz CT molecular complexity index is 1090. The first kappa shape index (κ1) is 21.7. The number of carbonyl (C=O) groups excluding carboxylic acids is 1. The lowest BCUT2D eigenvalue weighted by atomic mass is 9.90. The minimum atomic E-state index is -4.90. The number of Topliss-reactive ketones (excluding diaryl/α,β-unsaturated/α-hetero) is 1. The lowest BCUT2D eigenvalue weighted by molar-refractivity contribution is -0.274. The van der Waals surface area contributed by atoms with E-state index in [2.05, 4.69) is 19.8 Å². The van der Waals surface area contributed by atoms with Crippen molar-refractivity contribution in [2.75, 3.05) is 0 Å². The lowest BCUT2D eigenvalue weighted by Crippen LogP contribution is -2.21. The zero-order valence-electron chi connectivity index (χ0n) is 17.5. The van der Waals surface area contributed by atoms with Crippen LogP contribution in [0.15, 0.2) is 24.5 Å². The second kappa shape index (κ2) is 7.70. The van der Waals surface area contributed by atoms with E-state index in [4.69, 9.17) is 0 Å². The van der Waals surface area contributed by atoms with E-state index in [1.807, 2.05) is 20.8 Å². The van der Waals surface area contributed by atoms with E-state index in [0.717, 1.165) is 6.42 Å². The Morgan fingerprint density at radius 1 is 1.13 bits per heavy atom. The third-order valence-electron chi connectivity index (χ3n) is 5.02. The predicted molar refractivity (Wildman–Crippen MR) is 106 cm³/mol. The normalized spacial score (nSPS) is 12.4. The summed E-state index contributed by atoms with van der Waals surface area (Å²) >= 11 is 0. The number of hydrogen-bond acceptors (Lipinski definition) is 5. The van der Waals surface area contributed by atoms with Crippen molar-refractivity contribution >= 4 is 16.7 Å². The minimum absolute atomic E-state index is 0.0961. The quantitative estimate of drug-likeness (QED) is 0.504. The number of aryl methyl sites for hydroxylation is 1. The zero-order valence-corrected chi connectivity index (χ0v) is 17.5. The number of fused-ring (bicyclic) bond motifs is 1. The van der Waals surface area contributed by atoms with Crippen molar-refractivity contribution in [2.24, 2.45) is 5.41 Å². The zero-order chi connectivity index (χ0) is 22.3. The average molecular weight is 420 g/mol. The summed E-state index contributed by atoms with van der Waals surface area (Å²) in [4.78, 5) is 20.4. The second-order valence-corrected chi connectivity index (χ2v) is 8.02. The van der Waals surface area contributed by atoms with Crippen LogP contribution in [0.3, 0.4) is 0 Å². The van der Waals surface area contributed by atoms with Gasteiger partial charge in [0.1, 0.15) is 17.0 Å². The summed E-state index contributed by atoms with van der Waals surface area (Å²) in [5.74, 6) is -0.226. The van der Waals surface area contributed by atoms with Crippen LogP contribution in [0.4, 0.5) is 13.2 Å². The van der Waals surface area contributed by atoms with Gasteiger partial charge in [0.2, 0.25) is 0 Å². The number of benzene rings is 1. The maximum atomic E-state index is 13.2. The fourth-order valence-electron chi connectivity index (χ4n) is 3.08. The number of ether oxygens (including phenoxy) is 1. The molecule has 0 bridgehead atoms. The highest BCUT2D eigenvalue weighted by atomic mass is 19.4. The van der Waals surface area contributed by atoms with Crippen LogP contribution in [0.25, 0.3) is 22.0 Å². The standard InChI is InChI=1S/C21H23F3N4O2/c1-6-20(4,5)11-28-19-16(18(27-28)12(2)29)7-14(8-17(19)30-21(22,23)24)15-9-25-13(3)26-10-15/h7-10H,6,11H2,1-5H3. The van der Waals surface area contributed by atoms with Crippen molar-refractivity contribution in [2.45, 2.75) is 53.9 Å². The Hall–Kier alpha value is -2.97. The molecule has 30 heavy (non-hydrogen) atoms. The molecule has 0 aliphatic carbocycles. The molecule has 3 aromatic rings. The van der Waals surface area contributed by atoms with Crippen LogP contribution in [0.2, 0.25) is 0 Å². The molecule has 0 fully saturated rings. The summed E-state index contributed by atoms with van der Waals surface area (Å²) in [5, 5.41) is 4.65. The van der Waals surface area contributed by atoms with Crippen molar-refractivity contribution in [3.63, 3.8) is 0 Å². The maximum absolute atomic E-state index is 13.2. The maximum Gasteiger partial charge on any atom is 0.573 e. The molecule has 0 aliphatic heterocycles. The first-order valence-corrected chi connectivity index (χ1v) is 9.50. The number of alkyl halides is 3. The smallest absolute Gasteiger partial charge is 0.403 e. The van der Waals surface area contributed by atoms with Gasteiger partial charge in [0.15, 0.2) is 11.5 Å². The van der Waals surface area contributed by atoms with E-state index in [1.165, 1.54) is 30.1 Å². The Morgan fingerprint density at radius 2 is 1.77 bits per heavy atom. The molecular formula is C21H23F3N4O2. The molecular weight excluding hydrogens is 397 g/mol. The molecule has 1 aromatic carbocycles. The summed E-state index contributed by atoms with van der Waals surface area (Å²) in [7, 11) is 0. The summed E-state index contributed by atoms with van der Waals surface area (Å²) < 4.78 is 45.4. The lowest BCUT2D eigenvalue weighted by Gasteiger charge is -2.23. The number of nitrogens with zero attached hydrogens (tertiary/aromatic N) is 4. The van der Waals surface area contributed by atoms with Crippen molar-refractivity contribution in [3.8, 4) is 16.9 Å².